The third-order valence-corrected chi connectivity index (χ3v) is 2.96. The third kappa shape index (κ3) is 1.38. The number of sulfonamides is 1. The van der Waals surface area contributed by atoms with Gasteiger partial charge in [0, 0.05) is 11.8 Å². The van der Waals surface area contributed by atoms with Crippen LogP contribution in [0, 0.1) is 0 Å². The van der Waals surface area contributed by atoms with Gasteiger partial charge < -0.3 is 0 Å². The fraction of sp³-hybridized carbons (Fsp3) is 0. The number of benzene rings is 1. The molecular weight excluding hydrogens is 188 g/mol. The molecule has 0 unspecified atom stereocenters. The van der Waals surface area contributed by atoms with Crippen LogP contribution in [0.1, 0.15) is 5.56 Å². The van der Waals surface area contributed by atoms with Gasteiger partial charge in [0.25, 0.3) is 10.0 Å². The summed E-state index contributed by atoms with van der Waals surface area (Å²) in [5, 5.41) is 0. The minimum Gasteiger partial charge on any atom is -0.243 e. The molecule has 1 heterocycles. The summed E-state index contributed by atoms with van der Waals surface area (Å²) in [4.78, 5) is 3.91. The first-order valence-corrected chi connectivity index (χ1v) is 5.05. The quantitative estimate of drug-likeness (QED) is 0.614. The second-order valence-electron chi connectivity index (χ2n) is 2.51. The molecule has 5 heteroatoms. The zero-order valence-electron chi connectivity index (χ0n) is 6.58. The fourth-order valence-corrected chi connectivity index (χ4v) is 2.04. The maximum Gasteiger partial charge on any atom is 0.284 e. The molecule has 0 spiro atoms. The van der Waals surface area contributed by atoms with Crippen LogP contribution >= 0.6 is 0 Å². The largest absolute Gasteiger partial charge is 0.284 e. The van der Waals surface area contributed by atoms with Crippen molar-refractivity contribution in [3.05, 3.63) is 29.8 Å². The van der Waals surface area contributed by atoms with Crippen LogP contribution in [-0.4, -0.2) is 21.0 Å². The Kier molecular flexibility index (Phi) is 1.73. The van der Waals surface area contributed by atoms with Gasteiger partial charge in [0.1, 0.15) is 6.34 Å². The van der Waals surface area contributed by atoms with E-state index in [-0.39, 0.29) is 4.90 Å². The van der Waals surface area contributed by atoms with Crippen molar-refractivity contribution in [2.24, 2.45) is 9.39 Å². The van der Waals surface area contributed by atoms with Gasteiger partial charge in [0.15, 0.2) is 0 Å². The first-order valence-electron chi connectivity index (χ1n) is 3.61. The van der Waals surface area contributed by atoms with Gasteiger partial charge in [-0.2, -0.15) is 8.42 Å². The SMILES string of the molecule is O=S1(=O)N=CN=Cc2ccccc21. The van der Waals surface area contributed by atoms with E-state index in [0.29, 0.717) is 5.56 Å². The van der Waals surface area contributed by atoms with Crippen molar-refractivity contribution in [2.45, 2.75) is 4.90 Å². The molecule has 0 aliphatic carbocycles. The van der Waals surface area contributed by atoms with Crippen LogP contribution in [-0.2, 0) is 10.0 Å². The van der Waals surface area contributed by atoms with Crippen molar-refractivity contribution < 1.29 is 8.42 Å². The Morgan fingerprint density at radius 1 is 1.15 bits per heavy atom. The number of nitrogens with zero attached hydrogens (tertiary/aromatic N) is 2. The molecule has 0 saturated carbocycles. The van der Waals surface area contributed by atoms with Crippen LogP contribution in [0.25, 0.3) is 0 Å². The van der Waals surface area contributed by atoms with Crippen LogP contribution in [0.5, 0.6) is 0 Å². The topological polar surface area (TPSA) is 58.9 Å². The van der Waals surface area contributed by atoms with E-state index in [0.717, 1.165) is 6.34 Å². The van der Waals surface area contributed by atoms with Crippen LogP contribution in [0.3, 0.4) is 0 Å². The summed E-state index contributed by atoms with van der Waals surface area (Å²) in [6.07, 6.45) is 2.51. The molecule has 66 valence electrons. The Morgan fingerprint density at radius 2 is 1.92 bits per heavy atom. The third-order valence-electron chi connectivity index (χ3n) is 1.66. The highest BCUT2D eigenvalue weighted by Crippen LogP contribution is 2.17. The average Bonchev–Trinajstić information content (AvgIpc) is 2.26. The van der Waals surface area contributed by atoms with E-state index in [2.05, 4.69) is 9.39 Å². The lowest BCUT2D eigenvalue weighted by Gasteiger charge is -1.99. The van der Waals surface area contributed by atoms with Gasteiger partial charge in [-0.05, 0) is 6.07 Å². The van der Waals surface area contributed by atoms with Crippen molar-refractivity contribution >= 4 is 22.6 Å². The predicted octanol–water partition coefficient (Wildman–Crippen LogP) is 0.836. The van der Waals surface area contributed by atoms with E-state index in [1.165, 1.54) is 12.3 Å². The van der Waals surface area contributed by atoms with E-state index in [1.54, 1.807) is 18.2 Å². The molecule has 1 aromatic carbocycles. The Balaban J connectivity index is 2.79. The van der Waals surface area contributed by atoms with E-state index in [4.69, 9.17) is 0 Å². The van der Waals surface area contributed by atoms with Gasteiger partial charge >= 0.3 is 0 Å². The fourth-order valence-electron chi connectivity index (χ4n) is 1.08. The molecule has 0 N–H and O–H groups in total. The highest BCUT2D eigenvalue weighted by molar-refractivity contribution is 7.90. The molecular formula is C8H6N2O2S. The smallest absolute Gasteiger partial charge is 0.243 e. The van der Waals surface area contributed by atoms with E-state index in [1.807, 2.05) is 0 Å². The second kappa shape index (κ2) is 2.77. The minimum absolute atomic E-state index is 0.201. The van der Waals surface area contributed by atoms with Crippen molar-refractivity contribution in [1.82, 2.24) is 0 Å². The van der Waals surface area contributed by atoms with Crippen LogP contribution in [0.15, 0.2) is 38.6 Å². The first-order chi connectivity index (χ1) is 6.20. The van der Waals surface area contributed by atoms with Gasteiger partial charge in [-0.3, -0.25) is 0 Å². The zero-order valence-corrected chi connectivity index (χ0v) is 7.40. The molecule has 0 saturated heterocycles. The van der Waals surface area contributed by atoms with Crippen molar-refractivity contribution in [3.63, 3.8) is 0 Å². The average molecular weight is 194 g/mol. The summed E-state index contributed by atoms with van der Waals surface area (Å²) < 4.78 is 26.2. The molecule has 0 bridgehead atoms. The molecule has 4 nitrogen and oxygen atoms in total. The van der Waals surface area contributed by atoms with Gasteiger partial charge in [0.2, 0.25) is 0 Å². The van der Waals surface area contributed by atoms with Gasteiger partial charge in [-0.1, -0.05) is 18.2 Å². The number of hydrogen-bond acceptors (Lipinski definition) is 3. The van der Waals surface area contributed by atoms with Gasteiger partial charge in [-0.25, -0.2) is 4.99 Å². The molecule has 1 aliphatic heterocycles. The van der Waals surface area contributed by atoms with Crippen LogP contribution in [0.2, 0.25) is 0 Å². The molecule has 0 aromatic heterocycles. The molecule has 0 atom stereocenters. The summed E-state index contributed by atoms with van der Waals surface area (Å²) >= 11 is 0. The van der Waals surface area contributed by atoms with Crippen molar-refractivity contribution in [1.29, 1.82) is 0 Å². The Labute approximate surface area is 75.7 Å². The lowest BCUT2D eigenvalue weighted by Crippen LogP contribution is -1.99. The summed E-state index contributed by atoms with van der Waals surface area (Å²) in [5.74, 6) is 0. The Hall–Kier alpha value is -1.49. The minimum atomic E-state index is -3.53. The molecule has 0 amide bonds. The summed E-state index contributed by atoms with van der Waals surface area (Å²) in [5.41, 5.74) is 0.569. The number of rotatable bonds is 0. The highest BCUT2D eigenvalue weighted by atomic mass is 32.2. The maximum absolute atomic E-state index is 11.4. The summed E-state index contributed by atoms with van der Waals surface area (Å²) in [6, 6.07) is 6.61. The molecule has 1 aliphatic rings. The normalized spacial score (nSPS) is 17.8. The molecule has 2 rings (SSSR count). The van der Waals surface area contributed by atoms with E-state index < -0.39 is 10.0 Å². The Morgan fingerprint density at radius 3 is 2.77 bits per heavy atom. The summed E-state index contributed by atoms with van der Waals surface area (Å²) in [6.45, 7) is 0. The number of aliphatic imine (C=N–C) groups is 1. The molecule has 1 aromatic rings. The van der Waals surface area contributed by atoms with Crippen molar-refractivity contribution in [3.8, 4) is 0 Å². The number of hydrogen-bond donors (Lipinski definition) is 0. The molecule has 0 radical (unpaired) electrons. The highest BCUT2D eigenvalue weighted by Gasteiger charge is 2.16. The lowest BCUT2D eigenvalue weighted by atomic mass is 10.2. The van der Waals surface area contributed by atoms with Gasteiger partial charge in [0.05, 0.1) is 4.90 Å². The summed E-state index contributed by atoms with van der Waals surface area (Å²) in [7, 11) is -3.53. The molecule has 0 fully saturated rings. The second-order valence-corrected chi connectivity index (χ2v) is 4.11. The Bertz CT molecular complexity index is 489. The standard InChI is InChI=1S/C8H6N2O2S/c11-13(12)8-4-2-1-3-7(8)5-9-6-10-13/h1-6H. The first kappa shape index (κ1) is 8.12. The number of fused-ring (bicyclic) bond motifs is 1. The monoisotopic (exact) mass is 194 g/mol. The maximum atomic E-state index is 11.4. The van der Waals surface area contributed by atoms with E-state index in [9.17, 15) is 8.42 Å². The van der Waals surface area contributed by atoms with Crippen LogP contribution < -0.4 is 0 Å². The van der Waals surface area contributed by atoms with E-state index >= 15 is 0 Å². The van der Waals surface area contributed by atoms with Crippen molar-refractivity contribution in [2.75, 3.05) is 0 Å². The van der Waals surface area contributed by atoms with Gasteiger partial charge in [-0.15, -0.1) is 4.40 Å². The molecule has 13 heavy (non-hydrogen) atoms. The predicted molar refractivity (Wildman–Crippen MR) is 49.7 cm³/mol. The lowest BCUT2D eigenvalue weighted by molar-refractivity contribution is 0.598. The van der Waals surface area contributed by atoms with Crippen LogP contribution in [0.4, 0.5) is 0 Å². The zero-order chi connectivity index (χ0) is 9.31.